The molecule has 8 heteroatoms. The molecular formula is C15H17ClN2O3S2. The van der Waals surface area contributed by atoms with Gasteiger partial charge < -0.3 is 5.11 Å². The third-order valence-corrected chi connectivity index (χ3v) is 6.90. The highest BCUT2D eigenvalue weighted by Gasteiger charge is 2.35. The number of sulfonamides is 1. The number of rotatable bonds is 5. The maximum absolute atomic E-state index is 12.5. The first-order valence-corrected chi connectivity index (χ1v) is 9.98. The quantitative estimate of drug-likeness (QED) is 0.843. The molecule has 3 rings (SSSR count). The molecule has 1 heterocycles. The topological polar surface area (TPSA) is 79.3 Å². The summed E-state index contributed by atoms with van der Waals surface area (Å²) in [5, 5.41) is 12.6. The van der Waals surface area contributed by atoms with Gasteiger partial charge >= 0.3 is 0 Å². The van der Waals surface area contributed by atoms with E-state index in [2.05, 4.69) is 9.71 Å². The maximum atomic E-state index is 12.5. The average molecular weight is 373 g/mol. The first kappa shape index (κ1) is 16.7. The molecule has 2 aromatic rings. The fraction of sp³-hybridized carbons (Fsp3) is 0.400. The summed E-state index contributed by atoms with van der Waals surface area (Å²) in [5.74, 6) is 0. The zero-order chi connectivity index (χ0) is 16.7. The Morgan fingerprint density at radius 1 is 1.43 bits per heavy atom. The largest absolute Gasteiger partial charge is 0.389 e. The van der Waals surface area contributed by atoms with Gasteiger partial charge in [-0.15, -0.1) is 11.3 Å². The van der Waals surface area contributed by atoms with Crippen LogP contribution in [0.5, 0.6) is 0 Å². The van der Waals surface area contributed by atoms with Crippen molar-refractivity contribution in [1.82, 2.24) is 4.98 Å². The first-order chi connectivity index (χ1) is 10.8. The van der Waals surface area contributed by atoms with Gasteiger partial charge in [-0.2, -0.15) is 0 Å². The number of aliphatic hydroxyl groups is 1. The molecule has 1 fully saturated rings. The maximum Gasteiger partial charge on any atom is 0.263 e. The van der Waals surface area contributed by atoms with Crippen LogP contribution in [-0.2, 0) is 16.4 Å². The molecule has 0 aliphatic heterocycles. The van der Waals surface area contributed by atoms with Gasteiger partial charge in [0.1, 0.15) is 0 Å². The van der Waals surface area contributed by atoms with E-state index in [1.165, 1.54) is 17.4 Å². The molecule has 1 aliphatic rings. The Morgan fingerprint density at radius 2 is 2.17 bits per heavy atom. The Kier molecular flexibility index (Phi) is 4.39. The second kappa shape index (κ2) is 6.05. The number of thiazole rings is 1. The fourth-order valence-electron chi connectivity index (χ4n) is 2.58. The van der Waals surface area contributed by atoms with Crippen LogP contribution in [0.1, 0.15) is 30.5 Å². The van der Waals surface area contributed by atoms with Crippen molar-refractivity contribution in [2.24, 2.45) is 0 Å². The number of aromatic nitrogens is 1. The number of benzene rings is 1. The van der Waals surface area contributed by atoms with Crippen LogP contribution in [0.15, 0.2) is 28.5 Å². The summed E-state index contributed by atoms with van der Waals surface area (Å²) in [6.07, 6.45) is 3.02. The highest BCUT2D eigenvalue weighted by molar-refractivity contribution is 7.93. The average Bonchev–Trinajstić information content (AvgIpc) is 2.86. The van der Waals surface area contributed by atoms with Crippen LogP contribution in [-0.4, -0.2) is 24.1 Å². The van der Waals surface area contributed by atoms with E-state index < -0.39 is 15.6 Å². The number of nitrogens with zero attached hydrogens (tertiary/aromatic N) is 1. The zero-order valence-corrected chi connectivity index (χ0v) is 14.9. The zero-order valence-electron chi connectivity index (χ0n) is 12.5. The summed E-state index contributed by atoms with van der Waals surface area (Å²) in [5.41, 5.74) is 0.535. The van der Waals surface area contributed by atoms with Gasteiger partial charge in [0.2, 0.25) is 0 Å². The van der Waals surface area contributed by atoms with Gasteiger partial charge in [-0.3, -0.25) is 4.72 Å². The second-order valence-corrected chi connectivity index (χ2v) is 8.78. The third kappa shape index (κ3) is 3.52. The predicted octanol–water partition coefficient (Wildman–Crippen LogP) is 3.36. The SMILES string of the molecule is Cc1c(Cl)cccc1S(=O)(=O)Nc1nc(CC2(O)CCC2)cs1. The van der Waals surface area contributed by atoms with E-state index in [-0.39, 0.29) is 4.90 Å². The van der Waals surface area contributed by atoms with Crippen molar-refractivity contribution in [2.75, 3.05) is 4.72 Å². The summed E-state index contributed by atoms with van der Waals surface area (Å²) in [7, 11) is -3.74. The van der Waals surface area contributed by atoms with E-state index in [4.69, 9.17) is 11.6 Å². The molecule has 1 aliphatic carbocycles. The Bertz CT molecular complexity index is 829. The van der Waals surface area contributed by atoms with Crippen LogP contribution >= 0.6 is 22.9 Å². The van der Waals surface area contributed by atoms with Crippen molar-refractivity contribution in [2.45, 2.75) is 43.1 Å². The standard InChI is InChI=1S/C15H17ClN2O3S2/c1-10-12(16)4-2-5-13(10)23(20,21)18-14-17-11(9-22-14)8-15(19)6-3-7-15/h2,4-5,9,19H,3,6-8H2,1H3,(H,17,18). The van der Waals surface area contributed by atoms with Gasteiger partial charge in [0.15, 0.2) is 5.13 Å². The van der Waals surface area contributed by atoms with Gasteiger partial charge in [-0.05, 0) is 43.9 Å². The van der Waals surface area contributed by atoms with Crippen LogP contribution in [0, 0.1) is 6.92 Å². The molecule has 0 spiro atoms. The van der Waals surface area contributed by atoms with Crippen LogP contribution in [0.25, 0.3) is 0 Å². The molecule has 1 saturated carbocycles. The molecule has 1 aromatic heterocycles. The Morgan fingerprint density at radius 3 is 2.83 bits per heavy atom. The van der Waals surface area contributed by atoms with Crippen LogP contribution < -0.4 is 4.72 Å². The van der Waals surface area contributed by atoms with Gasteiger partial charge in [-0.25, -0.2) is 13.4 Å². The van der Waals surface area contributed by atoms with Crippen LogP contribution in [0.3, 0.4) is 0 Å². The smallest absolute Gasteiger partial charge is 0.263 e. The molecule has 0 amide bonds. The molecule has 0 atom stereocenters. The van der Waals surface area contributed by atoms with Crippen molar-refractivity contribution in [3.8, 4) is 0 Å². The lowest BCUT2D eigenvalue weighted by molar-refractivity contribution is -0.0329. The first-order valence-electron chi connectivity index (χ1n) is 7.24. The predicted molar refractivity (Wildman–Crippen MR) is 91.6 cm³/mol. The molecule has 23 heavy (non-hydrogen) atoms. The van der Waals surface area contributed by atoms with E-state index in [9.17, 15) is 13.5 Å². The van der Waals surface area contributed by atoms with Crippen molar-refractivity contribution < 1.29 is 13.5 Å². The Balaban J connectivity index is 1.78. The lowest BCUT2D eigenvalue weighted by atomic mass is 9.77. The summed E-state index contributed by atoms with van der Waals surface area (Å²) in [4.78, 5) is 4.41. The molecule has 0 radical (unpaired) electrons. The van der Waals surface area contributed by atoms with Crippen LogP contribution in [0.4, 0.5) is 5.13 Å². The van der Waals surface area contributed by atoms with Crippen molar-refractivity contribution in [1.29, 1.82) is 0 Å². The minimum atomic E-state index is -3.74. The van der Waals surface area contributed by atoms with E-state index in [0.29, 0.717) is 27.8 Å². The third-order valence-electron chi connectivity index (χ3n) is 4.08. The lowest BCUT2D eigenvalue weighted by Crippen LogP contribution is -2.39. The summed E-state index contributed by atoms with van der Waals surface area (Å²) in [6, 6.07) is 4.76. The van der Waals surface area contributed by atoms with Crippen LogP contribution in [0.2, 0.25) is 5.02 Å². The minimum absolute atomic E-state index is 0.138. The van der Waals surface area contributed by atoms with E-state index in [1.54, 1.807) is 24.4 Å². The van der Waals surface area contributed by atoms with E-state index in [1.807, 2.05) is 0 Å². The second-order valence-electron chi connectivity index (χ2n) is 5.87. The number of nitrogens with one attached hydrogen (secondary N) is 1. The Labute approximate surface area is 144 Å². The molecule has 1 aromatic carbocycles. The normalized spacial score (nSPS) is 16.8. The number of hydrogen-bond acceptors (Lipinski definition) is 5. The lowest BCUT2D eigenvalue weighted by Gasteiger charge is -2.35. The molecule has 0 bridgehead atoms. The summed E-state index contributed by atoms with van der Waals surface area (Å²) < 4.78 is 27.5. The van der Waals surface area contributed by atoms with Gasteiger partial charge in [-0.1, -0.05) is 17.7 Å². The highest BCUT2D eigenvalue weighted by atomic mass is 35.5. The number of hydrogen-bond donors (Lipinski definition) is 2. The van der Waals surface area contributed by atoms with Crippen molar-refractivity contribution in [3.63, 3.8) is 0 Å². The van der Waals surface area contributed by atoms with Gasteiger partial charge in [0, 0.05) is 16.8 Å². The van der Waals surface area contributed by atoms with Crippen molar-refractivity contribution >= 4 is 38.1 Å². The highest BCUT2D eigenvalue weighted by Crippen LogP contribution is 2.35. The van der Waals surface area contributed by atoms with Crippen molar-refractivity contribution in [3.05, 3.63) is 39.9 Å². The number of halogens is 1. The fourth-order valence-corrected chi connectivity index (χ4v) is 5.04. The monoisotopic (exact) mass is 372 g/mol. The summed E-state index contributed by atoms with van der Waals surface area (Å²) in [6.45, 7) is 1.66. The molecule has 0 saturated heterocycles. The Hall–Kier alpha value is -1.15. The molecule has 2 N–H and O–H groups in total. The summed E-state index contributed by atoms with van der Waals surface area (Å²) >= 11 is 7.20. The number of anilines is 1. The van der Waals surface area contributed by atoms with E-state index in [0.717, 1.165) is 19.3 Å². The molecular weight excluding hydrogens is 356 g/mol. The minimum Gasteiger partial charge on any atom is -0.389 e. The van der Waals surface area contributed by atoms with E-state index >= 15 is 0 Å². The van der Waals surface area contributed by atoms with Gasteiger partial charge in [0.25, 0.3) is 10.0 Å². The molecule has 124 valence electrons. The molecule has 5 nitrogen and oxygen atoms in total. The van der Waals surface area contributed by atoms with Gasteiger partial charge in [0.05, 0.1) is 16.2 Å². The molecule has 0 unspecified atom stereocenters.